The molecule has 7 nitrogen and oxygen atoms in total. The van der Waals surface area contributed by atoms with Crippen LogP contribution in [0.2, 0.25) is 0 Å². The van der Waals surface area contributed by atoms with E-state index in [1.807, 2.05) is 48.7 Å². The van der Waals surface area contributed by atoms with Crippen molar-refractivity contribution >= 4 is 17.7 Å². The van der Waals surface area contributed by atoms with E-state index in [-0.39, 0.29) is 5.75 Å². The molecule has 0 saturated carbocycles. The molecular weight excluding hydrogens is 340 g/mol. The average molecular weight is 358 g/mol. The lowest BCUT2D eigenvalue weighted by atomic mass is 10.2. The van der Waals surface area contributed by atoms with Crippen LogP contribution < -0.4 is 10.5 Å². The van der Waals surface area contributed by atoms with Crippen LogP contribution in [0, 0.1) is 6.92 Å². The lowest BCUT2D eigenvalue weighted by Gasteiger charge is -2.10. The number of rotatable bonds is 7. The number of hydrogen-bond donors (Lipinski definition) is 1. The smallest absolute Gasteiger partial charge is 0.227 e. The van der Waals surface area contributed by atoms with E-state index in [0.717, 1.165) is 22.8 Å². The van der Waals surface area contributed by atoms with Crippen molar-refractivity contribution < 1.29 is 13.9 Å². The van der Waals surface area contributed by atoms with Gasteiger partial charge in [0.15, 0.2) is 11.0 Å². The minimum absolute atomic E-state index is 0.125. The Morgan fingerprint density at radius 1 is 1.28 bits per heavy atom. The number of nitrogens with zero attached hydrogens (tertiary/aromatic N) is 3. The van der Waals surface area contributed by atoms with Crippen LogP contribution in [0.4, 0.5) is 0 Å². The van der Waals surface area contributed by atoms with Crippen LogP contribution in [0.1, 0.15) is 12.7 Å². The number of ether oxygens (including phenoxy) is 1. The van der Waals surface area contributed by atoms with E-state index in [0.29, 0.717) is 17.6 Å². The van der Waals surface area contributed by atoms with Crippen molar-refractivity contribution in [3.05, 3.63) is 42.4 Å². The lowest BCUT2D eigenvalue weighted by Crippen LogP contribution is -2.13. The molecule has 2 aromatic heterocycles. The van der Waals surface area contributed by atoms with Crippen molar-refractivity contribution in [2.75, 3.05) is 12.4 Å². The highest BCUT2D eigenvalue weighted by Crippen LogP contribution is 2.30. The van der Waals surface area contributed by atoms with E-state index in [1.165, 1.54) is 11.8 Å². The number of benzene rings is 1. The number of nitrogens with two attached hydrogens (primary N) is 1. The molecule has 2 N–H and O–H groups in total. The third-order valence-corrected chi connectivity index (χ3v) is 4.43. The Morgan fingerprint density at radius 2 is 2.04 bits per heavy atom. The molecule has 130 valence electrons. The highest BCUT2D eigenvalue weighted by atomic mass is 32.2. The Kier molecular flexibility index (Phi) is 5.08. The van der Waals surface area contributed by atoms with Crippen LogP contribution in [-0.4, -0.2) is 33.0 Å². The van der Waals surface area contributed by atoms with Crippen LogP contribution in [0.3, 0.4) is 0 Å². The van der Waals surface area contributed by atoms with Crippen molar-refractivity contribution in [2.24, 2.45) is 5.73 Å². The van der Waals surface area contributed by atoms with Gasteiger partial charge in [-0.1, -0.05) is 11.8 Å². The molecule has 2 heterocycles. The normalized spacial score (nSPS) is 10.8. The van der Waals surface area contributed by atoms with E-state index in [1.54, 1.807) is 6.26 Å². The molecule has 0 atom stereocenters. The number of aryl methyl sites for hydroxylation is 1. The van der Waals surface area contributed by atoms with E-state index in [9.17, 15) is 4.79 Å². The standard InChI is InChI=1S/C17H18N4O3S/c1-3-23-13-6-4-12(5-7-13)21-16(14-8-9-24-11(14)2)19-20-17(21)25-10-15(18)22/h4-9H,3,10H2,1-2H3,(H2,18,22). The van der Waals surface area contributed by atoms with Crippen molar-refractivity contribution in [1.29, 1.82) is 0 Å². The molecule has 0 spiro atoms. The second-order valence-corrected chi connectivity index (χ2v) is 6.16. The molecule has 0 aliphatic carbocycles. The van der Waals surface area contributed by atoms with Gasteiger partial charge in [-0.25, -0.2) is 0 Å². The molecule has 0 saturated heterocycles. The first-order valence-electron chi connectivity index (χ1n) is 7.74. The molecule has 0 unspecified atom stereocenters. The summed E-state index contributed by atoms with van der Waals surface area (Å²) in [6, 6.07) is 9.44. The molecule has 3 aromatic rings. The summed E-state index contributed by atoms with van der Waals surface area (Å²) >= 11 is 1.24. The van der Waals surface area contributed by atoms with Gasteiger partial charge in [-0.15, -0.1) is 10.2 Å². The van der Waals surface area contributed by atoms with Crippen LogP contribution in [0.25, 0.3) is 17.1 Å². The van der Waals surface area contributed by atoms with Gasteiger partial charge in [-0.05, 0) is 44.2 Å². The van der Waals surface area contributed by atoms with E-state index < -0.39 is 5.91 Å². The van der Waals surface area contributed by atoms with E-state index in [2.05, 4.69) is 10.2 Å². The van der Waals surface area contributed by atoms with Crippen molar-refractivity contribution in [3.8, 4) is 22.8 Å². The lowest BCUT2D eigenvalue weighted by molar-refractivity contribution is -0.115. The molecule has 8 heteroatoms. The van der Waals surface area contributed by atoms with Gasteiger partial charge in [0.1, 0.15) is 11.5 Å². The maximum Gasteiger partial charge on any atom is 0.227 e. The van der Waals surface area contributed by atoms with Gasteiger partial charge in [0.2, 0.25) is 5.91 Å². The zero-order valence-corrected chi connectivity index (χ0v) is 14.7. The molecular formula is C17H18N4O3S. The first-order valence-corrected chi connectivity index (χ1v) is 8.73. The minimum Gasteiger partial charge on any atom is -0.494 e. The molecule has 1 amide bonds. The monoisotopic (exact) mass is 358 g/mol. The van der Waals surface area contributed by atoms with Gasteiger partial charge >= 0.3 is 0 Å². The minimum atomic E-state index is -0.410. The fourth-order valence-corrected chi connectivity index (χ4v) is 3.07. The van der Waals surface area contributed by atoms with Crippen molar-refractivity contribution in [1.82, 2.24) is 14.8 Å². The highest BCUT2D eigenvalue weighted by molar-refractivity contribution is 7.99. The first kappa shape index (κ1) is 17.1. The number of hydrogen-bond acceptors (Lipinski definition) is 6. The largest absolute Gasteiger partial charge is 0.494 e. The van der Waals surface area contributed by atoms with Gasteiger partial charge in [-0.3, -0.25) is 9.36 Å². The Morgan fingerprint density at radius 3 is 2.64 bits per heavy atom. The quantitative estimate of drug-likeness (QED) is 0.653. The summed E-state index contributed by atoms with van der Waals surface area (Å²) in [5.74, 6) is 1.88. The van der Waals surface area contributed by atoms with Gasteiger partial charge in [0, 0.05) is 0 Å². The topological polar surface area (TPSA) is 96.2 Å². The summed E-state index contributed by atoms with van der Waals surface area (Å²) in [5.41, 5.74) is 6.96. The van der Waals surface area contributed by atoms with Crippen LogP contribution in [0.5, 0.6) is 5.75 Å². The number of carbonyl (C=O) groups excluding carboxylic acids is 1. The number of aromatic nitrogens is 3. The predicted molar refractivity (Wildman–Crippen MR) is 94.9 cm³/mol. The van der Waals surface area contributed by atoms with Gasteiger partial charge in [0.25, 0.3) is 0 Å². The maximum absolute atomic E-state index is 11.1. The number of thioether (sulfide) groups is 1. The maximum atomic E-state index is 11.1. The molecule has 0 fully saturated rings. The molecule has 0 bridgehead atoms. The Balaban J connectivity index is 2.05. The second kappa shape index (κ2) is 7.43. The highest BCUT2D eigenvalue weighted by Gasteiger charge is 2.19. The zero-order chi connectivity index (χ0) is 17.8. The van der Waals surface area contributed by atoms with Crippen LogP contribution in [-0.2, 0) is 4.79 Å². The van der Waals surface area contributed by atoms with E-state index >= 15 is 0 Å². The summed E-state index contributed by atoms with van der Waals surface area (Å²) in [6.45, 7) is 4.40. The van der Waals surface area contributed by atoms with Gasteiger partial charge in [0.05, 0.1) is 29.9 Å². The number of carbonyl (C=O) groups is 1. The van der Waals surface area contributed by atoms with Gasteiger partial charge < -0.3 is 14.9 Å². The SMILES string of the molecule is CCOc1ccc(-n2c(SCC(N)=O)nnc2-c2ccoc2C)cc1. The Labute approximate surface area is 149 Å². The fraction of sp³-hybridized carbons (Fsp3) is 0.235. The molecule has 1 aromatic carbocycles. The second-order valence-electron chi connectivity index (χ2n) is 5.21. The van der Waals surface area contributed by atoms with Crippen molar-refractivity contribution in [3.63, 3.8) is 0 Å². The van der Waals surface area contributed by atoms with Gasteiger partial charge in [-0.2, -0.15) is 0 Å². The third-order valence-electron chi connectivity index (χ3n) is 3.48. The number of furan rings is 1. The summed E-state index contributed by atoms with van der Waals surface area (Å²) in [6.07, 6.45) is 1.61. The van der Waals surface area contributed by atoms with Crippen molar-refractivity contribution in [2.45, 2.75) is 19.0 Å². The molecule has 0 radical (unpaired) electrons. The summed E-state index contributed by atoms with van der Waals surface area (Å²) in [7, 11) is 0. The zero-order valence-electron chi connectivity index (χ0n) is 13.9. The average Bonchev–Trinajstić information content (AvgIpc) is 3.19. The Bertz CT molecular complexity index is 870. The fourth-order valence-electron chi connectivity index (χ4n) is 2.38. The molecule has 3 rings (SSSR count). The Hall–Kier alpha value is -2.74. The number of primary amides is 1. The molecule has 0 aliphatic heterocycles. The molecule has 25 heavy (non-hydrogen) atoms. The van der Waals surface area contributed by atoms with Crippen LogP contribution in [0.15, 0.2) is 46.2 Å². The van der Waals surface area contributed by atoms with E-state index in [4.69, 9.17) is 14.9 Å². The summed E-state index contributed by atoms with van der Waals surface area (Å²) < 4.78 is 12.7. The summed E-state index contributed by atoms with van der Waals surface area (Å²) in [5, 5.41) is 9.08. The predicted octanol–water partition coefficient (Wildman–Crippen LogP) is 2.81. The third kappa shape index (κ3) is 3.69. The summed E-state index contributed by atoms with van der Waals surface area (Å²) in [4.78, 5) is 11.1. The van der Waals surface area contributed by atoms with Crippen LogP contribution >= 0.6 is 11.8 Å². The number of amides is 1. The first-order chi connectivity index (χ1) is 12.1. The molecule has 0 aliphatic rings.